The lowest BCUT2D eigenvalue weighted by molar-refractivity contribution is 0.141. The normalized spacial score (nSPS) is 16.4. The van der Waals surface area contributed by atoms with Gasteiger partial charge in [0, 0.05) is 18.1 Å². The van der Waals surface area contributed by atoms with Crippen LogP contribution in [0.15, 0.2) is 18.2 Å². The van der Waals surface area contributed by atoms with Crippen LogP contribution < -0.4 is 10.1 Å². The first-order chi connectivity index (χ1) is 6.79. The van der Waals surface area contributed by atoms with Crippen LogP contribution in [0.1, 0.15) is 12.5 Å². The Morgan fingerprint density at radius 1 is 1.50 bits per heavy atom. The summed E-state index contributed by atoms with van der Waals surface area (Å²) < 4.78 is 5.81. The lowest BCUT2D eigenvalue weighted by Crippen LogP contribution is -2.50. The Labute approximate surface area is 89.2 Å². The topological polar surface area (TPSA) is 21.3 Å². The monoisotopic (exact) mass is 211 g/mol. The second-order valence-electron chi connectivity index (χ2n) is 3.50. The summed E-state index contributed by atoms with van der Waals surface area (Å²) in [7, 11) is 0. The molecule has 2 nitrogen and oxygen atoms in total. The lowest BCUT2D eigenvalue weighted by Gasteiger charge is -2.28. The molecule has 1 aliphatic heterocycles. The van der Waals surface area contributed by atoms with Crippen molar-refractivity contribution >= 4 is 11.6 Å². The molecule has 2 rings (SSSR count). The van der Waals surface area contributed by atoms with Crippen molar-refractivity contribution in [2.75, 3.05) is 13.1 Å². The van der Waals surface area contributed by atoms with Gasteiger partial charge in [-0.2, -0.15) is 0 Å². The molecule has 1 aromatic rings. The number of hydrogen-bond donors (Lipinski definition) is 1. The maximum absolute atomic E-state index is 5.91. The van der Waals surface area contributed by atoms with E-state index in [4.69, 9.17) is 16.3 Å². The minimum absolute atomic E-state index is 0.335. The van der Waals surface area contributed by atoms with E-state index in [0.717, 1.165) is 30.3 Å². The molecular weight excluding hydrogens is 198 g/mol. The van der Waals surface area contributed by atoms with E-state index in [1.807, 2.05) is 18.2 Å². The van der Waals surface area contributed by atoms with Crippen molar-refractivity contribution < 1.29 is 4.74 Å². The summed E-state index contributed by atoms with van der Waals surface area (Å²) in [6.07, 6.45) is 1.29. The van der Waals surface area contributed by atoms with Gasteiger partial charge in [-0.25, -0.2) is 0 Å². The van der Waals surface area contributed by atoms with Gasteiger partial charge >= 0.3 is 0 Å². The fourth-order valence-corrected chi connectivity index (χ4v) is 1.66. The molecule has 0 aliphatic carbocycles. The summed E-state index contributed by atoms with van der Waals surface area (Å²) >= 11 is 5.91. The summed E-state index contributed by atoms with van der Waals surface area (Å²) in [6, 6.07) is 5.81. The molecule has 14 heavy (non-hydrogen) atoms. The molecule has 0 unspecified atom stereocenters. The van der Waals surface area contributed by atoms with E-state index in [9.17, 15) is 0 Å². The average molecular weight is 212 g/mol. The molecule has 0 spiro atoms. The molecule has 1 fully saturated rings. The Balaban J connectivity index is 2.14. The molecule has 76 valence electrons. The molecule has 1 aliphatic rings. The van der Waals surface area contributed by atoms with Gasteiger partial charge in [-0.15, -0.1) is 0 Å². The Morgan fingerprint density at radius 2 is 2.29 bits per heavy atom. The molecular formula is C11H14ClNO. The minimum Gasteiger partial charge on any atom is -0.487 e. The zero-order valence-corrected chi connectivity index (χ0v) is 8.97. The van der Waals surface area contributed by atoms with E-state index in [1.165, 1.54) is 5.56 Å². The van der Waals surface area contributed by atoms with Gasteiger partial charge in [-0.1, -0.05) is 18.5 Å². The molecule has 1 aromatic carbocycles. The van der Waals surface area contributed by atoms with Crippen molar-refractivity contribution in [2.24, 2.45) is 0 Å². The zero-order valence-electron chi connectivity index (χ0n) is 8.22. The highest BCUT2D eigenvalue weighted by molar-refractivity contribution is 6.30. The summed E-state index contributed by atoms with van der Waals surface area (Å²) in [4.78, 5) is 0. The molecule has 1 saturated heterocycles. The third kappa shape index (κ3) is 2.02. The van der Waals surface area contributed by atoms with Gasteiger partial charge in [-0.05, 0) is 30.2 Å². The smallest absolute Gasteiger partial charge is 0.123 e. The predicted octanol–water partition coefficient (Wildman–Crippen LogP) is 2.25. The number of aryl methyl sites for hydroxylation is 1. The predicted molar refractivity (Wildman–Crippen MR) is 58.1 cm³/mol. The van der Waals surface area contributed by atoms with Gasteiger partial charge in [0.25, 0.3) is 0 Å². The minimum atomic E-state index is 0.335. The first-order valence-electron chi connectivity index (χ1n) is 4.95. The van der Waals surface area contributed by atoms with E-state index >= 15 is 0 Å². The van der Waals surface area contributed by atoms with Crippen LogP contribution in [0.3, 0.4) is 0 Å². The molecule has 0 radical (unpaired) electrons. The summed E-state index contributed by atoms with van der Waals surface area (Å²) in [5.41, 5.74) is 1.18. The van der Waals surface area contributed by atoms with Crippen molar-refractivity contribution in [1.29, 1.82) is 0 Å². The van der Waals surface area contributed by atoms with Crippen LogP contribution in [0.5, 0.6) is 5.75 Å². The van der Waals surface area contributed by atoms with E-state index in [2.05, 4.69) is 12.2 Å². The third-order valence-electron chi connectivity index (χ3n) is 2.44. The van der Waals surface area contributed by atoms with Crippen LogP contribution in [0.4, 0.5) is 0 Å². The summed E-state index contributed by atoms with van der Waals surface area (Å²) in [5, 5.41) is 3.96. The quantitative estimate of drug-likeness (QED) is 0.828. The number of nitrogens with one attached hydrogen (secondary N) is 1. The second-order valence-corrected chi connectivity index (χ2v) is 3.94. The fourth-order valence-electron chi connectivity index (χ4n) is 1.46. The van der Waals surface area contributed by atoms with Crippen LogP contribution in [0, 0.1) is 0 Å². The van der Waals surface area contributed by atoms with Gasteiger partial charge in [0.15, 0.2) is 0 Å². The van der Waals surface area contributed by atoms with E-state index in [0.29, 0.717) is 6.10 Å². The summed E-state index contributed by atoms with van der Waals surface area (Å²) in [5.74, 6) is 0.975. The van der Waals surface area contributed by atoms with E-state index in [-0.39, 0.29) is 0 Å². The molecule has 1 N–H and O–H groups in total. The number of hydrogen-bond acceptors (Lipinski definition) is 2. The van der Waals surface area contributed by atoms with E-state index < -0.39 is 0 Å². The highest BCUT2D eigenvalue weighted by atomic mass is 35.5. The fraction of sp³-hybridized carbons (Fsp3) is 0.455. The Kier molecular flexibility index (Phi) is 2.94. The number of halogens is 1. The van der Waals surface area contributed by atoms with Crippen molar-refractivity contribution in [1.82, 2.24) is 5.32 Å². The standard InChI is InChI=1S/C11H14ClNO/c1-2-8-5-9(12)3-4-11(8)14-10-6-13-7-10/h3-5,10,13H,2,6-7H2,1H3. The van der Waals surface area contributed by atoms with Crippen molar-refractivity contribution in [3.63, 3.8) is 0 Å². The molecule has 0 atom stereocenters. The highest BCUT2D eigenvalue weighted by Gasteiger charge is 2.19. The second kappa shape index (κ2) is 4.20. The highest BCUT2D eigenvalue weighted by Crippen LogP contribution is 2.24. The molecule has 0 saturated carbocycles. The zero-order chi connectivity index (χ0) is 9.97. The SMILES string of the molecule is CCc1cc(Cl)ccc1OC1CNC1. The Bertz CT molecular complexity index is 323. The van der Waals surface area contributed by atoms with Crippen LogP contribution in [0.2, 0.25) is 5.02 Å². The lowest BCUT2D eigenvalue weighted by atomic mass is 10.1. The molecule has 3 heteroatoms. The summed E-state index contributed by atoms with van der Waals surface area (Å²) in [6.45, 7) is 4.01. The van der Waals surface area contributed by atoms with Crippen molar-refractivity contribution in [2.45, 2.75) is 19.4 Å². The number of benzene rings is 1. The van der Waals surface area contributed by atoms with E-state index in [1.54, 1.807) is 0 Å². The average Bonchev–Trinajstić information content (AvgIpc) is 2.13. The molecule has 1 heterocycles. The van der Waals surface area contributed by atoms with Crippen LogP contribution in [-0.4, -0.2) is 19.2 Å². The van der Waals surface area contributed by atoms with Gasteiger partial charge in [0.05, 0.1) is 0 Å². The van der Waals surface area contributed by atoms with Crippen molar-refractivity contribution in [3.8, 4) is 5.75 Å². The number of rotatable bonds is 3. The third-order valence-corrected chi connectivity index (χ3v) is 2.68. The van der Waals surface area contributed by atoms with Crippen LogP contribution in [0.25, 0.3) is 0 Å². The molecule has 0 aromatic heterocycles. The van der Waals surface area contributed by atoms with Gasteiger partial charge in [0.2, 0.25) is 0 Å². The first-order valence-corrected chi connectivity index (χ1v) is 5.33. The largest absolute Gasteiger partial charge is 0.487 e. The van der Waals surface area contributed by atoms with Crippen molar-refractivity contribution in [3.05, 3.63) is 28.8 Å². The maximum Gasteiger partial charge on any atom is 0.123 e. The molecule has 0 bridgehead atoms. The van der Waals surface area contributed by atoms with Crippen LogP contribution >= 0.6 is 11.6 Å². The Hall–Kier alpha value is -0.730. The van der Waals surface area contributed by atoms with Crippen LogP contribution in [-0.2, 0) is 6.42 Å². The molecule has 0 amide bonds. The van der Waals surface area contributed by atoms with Gasteiger partial charge in [0.1, 0.15) is 11.9 Å². The Morgan fingerprint density at radius 3 is 2.86 bits per heavy atom. The van der Waals surface area contributed by atoms with Gasteiger partial charge < -0.3 is 10.1 Å². The number of ether oxygens (including phenoxy) is 1. The first kappa shape index (κ1) is 9.81. The maximum atomic E-state index is 5.91. The van der Waals surface area contributed by atoms with Gasteiger partial charge in [-0.3, -0.25) is 0 Å².